The lowest BCUT2D eigenvalue weighted by Crippen LogP contribution is -2.04. The van der Waals surface area contributed by atoms with Gasteiger partial charge in [0.15, 0.2) is 0 Å². The smallest absolute Gasteiger partial charge is 0.304 e. The first-order chi connectivity index (χ1) is 6.09. The summed E-state index contributed by atoms with van der Waals surface area (Å²) in [5.74, 6) is -0.885. The van der Waals surface area contributed by atoms with Gasteiger partial charge in [-0.05, 0) is 12.1 Å². The average molecular weight is 180 g/mol. The van der Waals surface area contributed by atoms with Crippen LogP contribution in [0.1, 0.15) is 25.0 Å². The van der Waals surface area contributed by atoms with Crippen molar-refractivity contribution >= 4 is 11.7 Å². The topological polar surface area (TPSA) is 76.2 Å². The van der Waals surface area contributed by atoms with Gasteiger partial charge in [0.2, 0.25) is 0 Å². The monoisotopic (exact) mass is 180 g/mol. The molecule has 0 fully saturated rings. The first kappa shape index (κ1) is 9.51. The first-order valence-electron chi connectivity index (χ1n) is 4.03. The molecule has 1 rings (SSSR count). The third-order valence-electron chi connectivity index (χ3n) is 1.79. The fraction of sp³-hybridized carbons (Fsp3) is 0.333. The van der Waals surface area contributed by atoms with Crippen LogP contribution in [-0.2, 0) is 4.79 Å². The van der Waals surface area contributed by atoms with Crippen molar-refractivity contribution < 1.29 is 9.90 Å². The van der Waals surface area contributed by atoms with Gasteiger partial charge in [-0.2, -0.15) is 0 Å². The van der Waals surface area contributed by atoms with Crippen LogP contribution >= 0.6 is 0 Å². The summed E-state index contributed by atoms with van der Waals surface area (Å²) in [6.07, 6.45) is 1.63. The number of carboxylic acids is 1. The molecule has 1 aromatic rings. The lowest BCUT2D eigenvalue weighted by Gasteiger charge is -2.07. The Morgan fingerprint density at radius 3 is 2.85 bits per heavy atom. The van der Waals surface area contributed by atoms with Crippen LogP contribution in [0, 0.1) is 0 Å². The van der Waals surface area contributed by atoms with Crippen LogP contribution in [0.2, 0.25) is 0 Å². The van der Waals surface area contributed by atoms with Crippen molar-refractivity contribution in [2.75, 3.05) is 5.73 Å². The van der Waals surface area contributed by atoms with Gasteiger partial charge in [0.05, 0.1) is 18.3 Å². The summed E-state index contributed by atoms with van der Waals surface area (Å²) in [5.41, 5.74) is 6.80. The molecule has 0 bridgehead atoms. The Kier molecular flexibility index (Phi) is 2.84. The lowest BCUT2D eigenvalue weighted by molar-refractivity contribution is -0.137. The third-order valence-corrected chi connectivity index (χ3v) is 1.79. The first-order valence-corrected chi connectivity index (χ1v) is 4.03. The lowest BCUT2D eigenvalue weighted by atomic mass is 10.0. The fourth-order valence-corrected chi connectivity index (χ4v) is 1.07. The summed E-state index contributed by atoms with van der Waals surface area (Å²) in [6.45, 7) is 1.83. The maximum atomic E-state index is 10.4. The minimum atomic E-state index is -0.814. The van der Waals surface area contributed by atoms with Gasteiger partial charge < -0.3 is 10.8 Å². The third kappa shape index (κ3) is 2.74. The number of carbonyl (C=O) groups is 1. The SMILES string of the molecule is C[C@@H](CC(=O)O)c1ccc(N)cn1. The number of aromatic nitrogens is 1. The zero-order valence-corrected chi connectivity index (χ0v) is 7.40. The van der Waals surface area contributed by atoms with Crippen molar-refractivity contribution in [1.82, 2.24) is 4.98 Å². The van der Waals surface area contributed by atoms with Crippen LogP contribution in [0.15, 0.2) is 18.3 Å². The van der Waals surface area contributed by atoms with E-state index in [-0.39, 0.29) is 12.3 Å². The number of nitrogens with zero attached hydrogens (tertiary/aromatic N) is 1. The second-order valence-corrected chi connectivity index (χ2v) is 3.02. The van der Waals surface area contributed by atoms with Crippen molar-refractivity contribution in [2.24, 2.45) is 0 Å². The van der Waals surface area contributed by atoms with Crippen molar-refractivity contribution in [1.29, 1.82) is 0 Å². The van der Waals surface area contributed by atoms with Gasteiger partial charge in [0, 0.05) is 11.6 Å². The average Bonchev–Trinajstić information content (AvgIpc) is 2.04. The van der Waals surface area contributed by atoms with Crippen LogP contribution in [0.3, 0.4) is 0 Å². The van der Waals surface area contributed by atoms with Gasteiger partial charge in [0.25, 0.3) is 0 Å². The van der Waals surface area contributed by atoms with Gasteiger partial charge in [0.1, 0.15) is 0 Å². The number of nitrogens with two attached hydrogens (primary N) is 1. The van der Waals surface area contributed by atoms with E-state index < -0.39 is 5.97 Å². The molecule has 0 aliphatic carbocycles. The number of anilines is 1. The van der Waals surface area contributed by atoms with Crippen LogP contribution in [0.5, 0.6) is 0 Å². The Morgan fingerprint density at radius 1 is 1.69 bits per heavy atom. The Hall–Kier alpha value is -1.58. The van der Waals surface area contributed by atoms with E-state index in [0.29, 0.717) is 5.69 Å². The Morgan fingerprint density at radius 2 is 2.38 bits per heavy atom. The maximum Gasteiger partial charge on any atom is 0.304 e. The normalized spacial score (nSPS) is 12.4. The number of aliphatic carboxylic acids is 1. The Balaban J connectivity index is 2.71. The molecule has 70 valence electrons. The van der Waals surface area contributed by atoms with Crippen molar-refractivity contribution in [2.45, 2.75) is 19.3 Å². The summed E-state index contributed by atoms with van der Waals surface area (Å²) >= 11 is 0. The van der Waals surface area contributed by atoms with Gasteiger partial charge in [-0.15, -0.1) is 0 Å². The summed E-state index contributed by atoms with van der Waals surface area (Å²) in [5, 5.41) is 8.55. The standard InChI is InChI=1S/C9H12N2O2/c1-6(4-9(12)13)8-3-2-7(10)5-11-8/h2-3,5-6H,4,10H2,1H3,(H,12,13)/t6-/m0/s1. The van der Waals surface area contributed by atoms with Crippen LogP contribution in [0.25, 0.3) is 0 Å². The molecule has 0 radical (unpaired) electrons. The molecule has 0 saturated heterocycles. The van der Waals surface area contributed by atoms with Gasteiger partial charge in [-0.1, -0.05) is 6.92 Å². The zero-order valence-electron chi connectivity index (χ0n) is 7.40. The van der Waals surface area contributed by atoms with Gasteiger partial charge >= 0.3 is 5.97 Å². The fourth-order valence-electron chi connectivity index (χ4n) is 1.07. The van der Waals surface area contributed by atoms with E-state index in [4.69, 9.17) is 10.8 Å². The molecule has 0 spiro atoms. The highest BCUT2D eigenvalue weighted by molar-refractivity contribution is 5.67. The number of pyridine rings is 1. The molecule has 0 aliphatic heterocycles. The van der Waals surface area contributed by atoms with E-state index in [0.717, 1.165) is 5.69 Å². The van der Waals surface area contributed by atoms with Gasteiger partial charge in [-0.3, -0.25) is 9.78 Å². The molecule has 4 heteroatoms. The molecule has 3 N–H and O–H groups in total. The zero-order chi connectivity index (χ0) is 9.84. The quantitative estimate of drug-likeness (QED) is 0.733. The predicted molar refractivity (Wildman–Crippen MR) is 49.3 cm³/mol. The summed E-state index contributed by atoms with van der Waals surface area (Å²) < 4.78 is 0. The number of hydrogen-bond acceptors (Lipinski definition) is 3. The number of carboxylic acid groups (broad SMARTS) is 1. The number of hydrogen-bond donors (Lipinski definition) is 2. The molecular weight excluding hydrogens is 168 g/mol. The summed E-state index contributed by atoms with van der Waals surface area (Å²) in [7, 11) is 0. The van der Waals surface area contributed by atoms with Gasteiger partial charge in [-0.25, -0.2) is 0 Å². The largest absolute Gasteiger partial charge is 0.481 e. The highest BCUT2D eigenvalue weighted by Gasteiger charge is 2.10. The molecule has 0 unspecified atom stereocenters. The van der Waals surface area contributed by atoms with E-state index in [9.17, 15) is 4.79 Å². The molecule has 0 aliphatic rings. The van der Waals surface area contributed by atoms with Crippen LogP contribution in [0.4, 0.5) is 5.69 Å². The van der Waals surface area contributed by atoms with Crippen LogP contribution < -0.4 is 5.73 Å². The summed E-state index contributed by atoms with van der Waals surface area (Å²) in [4.78, 5) is 14.4. The number of nitrogen functional groups attached to an aromatic ring is 1. The van der Waals surface area contributed by atoms with E-state index in [1.807, 2.05) is 6.92 Å². The Labute approximate surface area is 76.4 Å². The van der Waals surface area contributed by atoms with Crippen molar-refractivity contribution in [3.63, 3.8) is 0 Å². The minimum Gasteiger partial charge on any atom is -0.481 e. The number of rotatable bonds is 3. The molecule has 4 nitrogen and oxygen atoms in total. The molecule has 0 aromatic carbocycles. The molecule has 0 saturated carbocycles. The summed E-state index contributed by atoms with van der Waals surface area (Å²) in [6, 6.07) is 3.48. The van der Waals surface area contributed by atoms with E-state index in [2.05, 4.69) is 4.98 Å². The highest BCUT2D eigenvalue weighted by atomic mass is 16.4. The molecule has 0 amide bonds. The van der Waals surface area contributed by atoms with Crippen LogP contribution in [-0.4, -0.2) is 16.1 Å². The van der Waals surface area contributed by atoms with E-state index >= 15 is 0 Å². The van der Waals surface area contributed by atoms with Crippen molar-refractivity contribution in [3.8, 4) is 0 Å². The maximum absolute atomic E-state index is 10.4. The molecule has 1 aromatic heterocycles. The van der Waals surface area contributed by atoms with E-state index in [1.54, 1.807) is 12.1 Å². The second-order valence-electron chi connectivity index (χ2n) is 3.02. The molecular formula is C9H12N2O2. The van der Waals surface area contributed by atoms with E-state index in [1.165, 1.54) is 6.20 Å². The Bertz CT molecular complexity index is 295. The molecule has 13 heavy (non-hydrogen) atoms. The molecule has 1 atom stereocenters. The molecule has 1 heterocycles. The van der Waals surface area contributed by atoms with Crippen molar-refractivity contribution in [3.05, 3.63) is 24.0 Å². The highest BCUT2D eigenvalue weighted by Crippen LogP contribution is 2.16. The minimum absolute atomic E-state index is 0.0712. The predicted octanol–water partition coefficient (Wildman–Crippen LogP) is 1.24. The second kappa shape index (κ2) is 3.89.